The van der Waals surface area contributed by atoms with Gasteiger partial charge in [-0.05, 0) is 30.8 Å². The van der Waals surface area contributed by atoms with Gasteiger partial charge in [0, 0.05) is 19.6 Å². The Balaban J connectivity index is 1.47. The van der Waals surface area contributed by atoms with Crippen molar-refractivity contribution in [1.82, 2.24) is 10.2 Å². The van der Waals surface area contributed by atoms with E-state index in [2.05, 4.69) is 10.2 Å². The summed E-state index contributed by atoms with van der Waals surface area (Å²) in [5.74, 6) is 2.81. The zero-order valence-corrected chi connectivity index (χ0v) is 9.06. The van der Waals surface area contributed by atoms with E-state index in [1.54, 1.807) is 0 Å². The summed E-state index contributed by atoms with van der Waals surface area (Å²) >= 11 is 0. The van der Waals surface area contributed by atoms with Crippen LogP contribution >= 0.6 is 0 Å². The zero-order valence-electron chi connectivity index (χ0n) is 9.06. The van der Waals surface area contributed by atoms with Crippen molar-refractivity contribution in [2.75, 3.05) is 45.9 Å². The van der Waals surface area contributed by atoms with Crippen molar-refractivity contribution >= 4 is 0 Å². The molecule has 3 aliphatic rings. The number of aliphatic hydroxyl groups is 1. The quantitative estimate of drug-likeness (QED) is 0.639. The minimum atomic E-state index is 0.0514. The fraction of sp³-hybridized carbons (Fsp3) is 1.00. The van der Waals surface area contributed by atoms with Crippen molar-refractivity contribution < 1.29 is 9.84 Å². The average molecular weight is 212 g/mol. The van der Waals surface area contributed by atoms with Gasteiger partial charge in [-0.1, -0.05) is 0 Å². The van der Waals surface area contributed by atoms with E-state index in [0.29, 0.717) is 0 Å². The van der Waals surface area contributed by atoms with Gasteiger partial charge in [-0.3, -0.25) is 4.90 Å². The van der Waals surface area contributed by atoms with Gasteiger partial charge in [0.1, 0.15) is 0 Å². The van der Waals surface area contributed by atoms with Crippen LogP contribution in [0.3, 0.4) is 0 Å². The molecular weight excluding hydrogens is 192 g/mol. The maximum Gasteiger partial charge on any atom is 0.0932 e. The van der Waals surface area contributed by atoms with E-state index in [4.69, 9.17) is 9.84 Å². The highest BCUT2D eigenvalue weighted by Gasteiger charge is 2.52. The molecule has 0 amide bonds. The molecule has 3 atom stereocenters. The molecule has 3 unspecified atom stereocenters. The molecule has 4 nitrogen and oxygen atoms in total. The summed E-state index contributed by atoms with van der Waals surface area (Å²) in [4.78, 5) is 2.47. The molecule has 15 heavy (non-hydrogen) atoms. The number of fused-ring (bicyclic) bond motifs is 1. The SMILES string of the molecule is OCC1CN(CC2C3CNCC32)CCO1. The molecule has 86 valence electrons. The van der Waals surface area contributed by atoms with Crippen LogP contribution in [0.2, 0.25) is 0 Å². The molecule has 2 saturated heterocycles. The van der Waals surface area contributed by atoms with E-state index in [1.165, 1.54) is 19.6 Å². The molecule has 2 heterocycles. The number of nitrogens with one attached hydrogen (secondary N) is 1. The first-order valence-electron chi connectivity index (χ1n) is 6.04. The molecule has 0 bridgehead atoms. The number of morpholine rings is 1. The molecule has 3 rings (SSSR count). The fourth-order valence-electron chi connectivity index (χ4n) is 3.17. The van der Waals surface area contributed by atoms with E-state index in [-0.39, 0.29) is 12.7 Å². The van der Waals surface area contributed by atoms with Crippen LogP contribution in [0.5, 0.6) is 0 Å². The number of hydrogen-bond donors (Lipinski definition) is 2. The predicted octanol–water partition coefficient (Wildman–Crippen LogP) is -0.855. The Morgan fingerprint density at radius 3 is 2.87 bits per heavy atom. The van der Waals surface area contributed by atoms with E-state index in [1.807, 2.05) is 0 Å². The average Bonchev–Trinajstić information content (AvgIpc) is 2.75. The third-order valence-corrected chi connectivity index (χ3v) is 4.16. The third kappa shape index (κ3) is 1.91. The van der Waals surface area contributed by atoms with Crippen molar-refractivity contribution in [2.45, 2.75) is 6.10 Å². The van der Waals surface area contributed by atoms with Crippen LogP contribution in [0, 0.1) is 17.8 Å². The van der Waals surface area contributed by atoms with Gasteiger partial charge in [0.15, 0.2) is 0 Å². The van der Waals surface area contributed by atoms with Crippen molar-refractivity contribution in [3.8, 4) is 0 Å². The summed E-state index contributed by atoms with van der Waals surface area (Å²) in [6, 6.07) is 0. The monoisotopic (exact) mass is 212 g/mol. The van der Waals surface area contributed by atoms with Gasteiger partial charge in [-0.2, -0.15) is 0 Å². The zero-order chi connectivity index (χ0) is 10.3. The molecule has 0 aromatic carbocycles. The second-order valence-corrected chi connectivity index (χ2v) is 5.08. The molecule has 0 radical (unpaired) electrons. The van der Waals surface area contributed by atoms with Crippen LogP contribution in [0.4, 0.5) is 0 Å². The maximum atomic E-state index is 9.06. The summed E-state index contributed by atoms with van der Waals surface area (Å²) in [5.41, 5.74) is 0. The van der Waals surface area contributed by atoms with Crippen LogP contribution < -0.4 is 5.32 Å². The highest BCUT2D eigenvalue weighted by Crippen LogP contribution is 2.48. The molecule has 2 aliphatic heterocycles. The Hall–Kier alpha value is -0.160. The largest absolute Gasteiger partial charge is 0.394 e. The fourth-order valence-corrected chi connectivity index (χ4v) is 3.17. The molecule has 3 fully saturated rings. The molecule has 1 aliphatic carbocycles. The normalized spacial score (nSPS) is 45.4. The van der Waals surface area contributed by atoms with Gasteiger partial charge in [0.25, 0.3) is 0 Å². The molecule has 2 N–H and O–H groups in total. The number of piperidine rings is 1. The molecule has 1 saturated carbocycles. The number of hydrogen-bond acceptors (Lipinski definition) is 4. The van der Waals surface area contributed by atoms with Gasteiger partial charge < -0.3 is 15.2 Å². The van der Waals surface area contributed by atoms with E-state index in [0.717, 1.165) is 37.5 Å². The van der Waals surface area contributed by atoms with Crippen molar-refractivity contribution in [1.29, 1.82) is 0 Å². The first-order chi connectivity index (χ1) is 7.38. The lowest BCUT2D eigenvalue weighted by molar-refractivity contribution is -0.0543. The van der Waals surface area contributed by atoms with Crippen LogP contribution in [0.25, 0.3) is 0 Å². The van der Waals surface area contributed by atoms with Crippen LogP contribution in [0.1, 0.15) is 0 Å². The summed E-state index contributed by atoms with van der Waals surface area (Å²) < 4.78 is 5.45. The van der Waals surface area contributed by atoms with Crippen molar-refractivity contribution in [3.05, 3.63) is 0 Å². The summed E-state index contributed by atoms with van der Waals surface area (Å²) in [5, 5.41) is 12.5. The molecule has 0 aromatic heterocycles. The van der Waals surface area contributed by atoms with Gasteiger partial charge in [0.05, 0.1) is 19.3 Å². The maximum absolute atomic E-state index is 9.06. The van der Waals surface area contributed by atoms with Gasteiger partial charge in [-0.15, -0.1) is 0 Å². The predicted molar refractivity (Wildman–Crippen MR) is 56.6 cm³/mol. The van der Waals surface area contributed by atoms with Crippen LogP contribution in [-0.4, -0.2) is 62.0 Å². The van der Waals surface area contributed by atoms with E-state index in [9.17, 15) is 0 Å². The Morgan fingerprint density at radius 2 is 2.13 bits per heavy atom. The molecule has 4 heteroatoms. The number of rotatable bonds is 3. The van der Waals surface area contributed by atoms with Crippen molar-refractivity contribution in [2.24, 2.45) is 17.8 Å². The Kier molecular flexibility index (Phi) is 2.68. The smallest absolute Gasteiger partial charge is 0.0932 e. The second kappa shape index (κ2) is 4.01. The van der Waals surface area contributed by atoms with Crippen LogP contribution in [0.15, 0.2) is 0 Å². The second-order valence-electron chi connectivity index (χ2n) is 5.08. The summed E-state index contributed by atoms with van der Waals surface area (Å²) in [7, 11) is 0. The molecular formula is C11H20N2O2. The van der Waals surface area contributed by atoms with E-state index >= 15 is 0 Å². The van der Waals surface area contributed by atoms with Crippen molar-refractivity contribution in [3.63, 3.8) is 0 Å². The lowest BCUT2D eigenvalue weighted by Gasteiger charge is -2.32. The Morgan fingerprint density at radius 1 is 1.33 bits per heavy atom. The first-order valence-corrected chi connectivity index (χ1v) is 6.04. The highest BCUT2D eigenvalue weighted by molar-refractivity contribution is 5.05. The number of ether oxygens (including phenoxy) is 1. The van der Waals surface area contributed by atoms with Gasteiger partial charge in [-0.25, -0.2) is 0 Å². The molecule has 0 spiro atoms. The summed E-state index contributed by atoms with van der Waals surface area (Å²) in [6.45, 7) is 6.57. The highest BCUT2D eigenvalue weighted by atomic mass is 16.5. The topological polar surface area (TPSA) is 44.7 Å². The molecule has 0 aromatic rings. The summed E-state index contributed by atoms with van der Waals surface area (Å²) in [6.07, 6.45) is 0.0514. The third-order valence-electron chi connectivity index (χ3n) is 4.16. The number of nitrogens with zero attached hydrogens (tertiary/aromatic N) is 1. The Labute approximate surface area is 90.6 Å². The minimum Gasteiger partial charge on any atom is -0.394 e. The van der Waals surface area contributed by atoms with Crippen LogP contribution in [-0.2, 0) is 4.74 Å². The van der Waals surface area contributed by atoms with E-state index < -0.39 is 0 Å². The van der Waals surface area contributed by atoms with Gasteiger partial charge in [0.2, 0.25) is 0 Å². The standard InChI is InChI=1S/C11H20N2O2/c14-7-8-5-13(1-2-15-8)6-11-9-3-12-4-10(9)11/h8-12,14H,1-7H2. The minimum absolute atomic E-state index is 0.0514. The first kappa shape index (κ1) is 10.0. The Bertz CT molecular complexity index is 227. The lowest BCUT2D eigenvalue weighted by atomic mass is 10.2. The number of aliphatic hydroxyl groups excluding tert-OH is 1. The van der Waals surface area contributed by atoms with Gasteiger partial charge >= 0.3 is 0 Å². The lowest BCUT2D eigenvalue weighted by Crippen LogP contribution is -2.45.